The summed E-state index contributed by atoms with van der Waals surface area (Å²) in [6, 6.07) is 0. The second-order valence-electron chi connectivity index (χ2n) is 3.95. The Morgan fingerprint density at radius 2 is 1.00 bits per heavy atom. The molecule has 0 bridgehead atoms. The molecule has 0 radical (unpaired) electrons. The number of hydrogen-bond acceptors (Lipinski definition) is 1. The summed E-state index contributed by atoms with van der Waals surface area (Å²) in [5, 5.41) is 0. The molecular weight excluding hydrogens is 230 g/mol. The summed E-state index contributed by atoms with van der Waals surface area (Å²) in [5.41, 5.74) is 6.83. The van der Waals surface area contributed by atoms with Gasteiger partial charge in [-0.1, -0.05) is 91.1 Å². The van der Waals surface area contributed by atoms with E-state index in [-0.39, 0.29) is 0 Å². The van der Waals surface area contributed by atoms with E-state index in [2.05, 4.69) is 12.2 Å². The van der Waals surface area contributed by atoms with Crippen molar-refractivity contribution < 1.29 is 0 Å². The lowest BCUT2D eigenvalue weighted by Crippen LogP contribution is -1.98. The van der Waals surface area contributed by atoms with Crippen LogP contribution in [0.5, 0.6) is 0 Å². The molecule has 0 fully saturated rings. The Morgan fingerprint density at radius 3 is 1.47 bits per heavy atom. The highest BCUT2D eigenvalue weighted by molar-refractivity contribution is 5.29. The zero-order valence-corrected chi connectivity index (χ0v) is 11.2. The van der Waals surface area contributed by atoms with Gasteiger partial charge in [0.1, 0.15) is 0 Å². The van der Waals surface area contributed by atoms with Gasteiger partial charge < -0.3 is 5.73 Å². The predicted molar refractivity (Wildman–Crippen MR) is 85.7 cm³/mol. The molecule has 1 rings (SSSR count). The highest BCUT2D eigenvalue weighted by atomic mass is 14.5. The van der Waals surface area contributed by atoms with Crippen molar-refractivity contribution in [3.63, 3.8) is 0 Å². The van der Waals surface area contributed by atoms with E-state index in [4.69, 9.17) is 5.73 Å². The monoisotopic (exact) mass is 251 g/mol. The van der Waals surface area contributed by atoms with E-state index in [0.29, 0.717) is 6.54 Å². The van der Waals surface area contributed by atoms with Crippen LogP contribution in [-0.2, 0) is 0 Å². The maximum absolute atomic E-state index is 5.60. The molecule has 0 aromatic rings. The van der Waals surface area contributed by atoms with Crippen molar-refractivity contribution in [3.8, 4) is 0 Å². The SMILES string of the molecule is NCCC1=C\C=C/C=C/C=C\C=C/C=C\C=C/C=C1. The average Bonchev–Trinajstić information content (AvgIpc) is 2.41. The minimum atomic E-state index is 0.664. The zero-order valence-electron chi connectivity index (χ0n) is 11.2. The molecule has 98 valence electrons. The first kappa shape index (κ1) is 14.9. The molecule has 0 atom stereocenters. The molecule has 1 nitrogen and oxygen atoms in total. The largest absolute Gasteiger partial charge is 0.330 e. The first-order valence-corrected chi connectivity index (χ1v) is 6.51. The molecule has 0 aromatic heterocycles. The third-order valence-corrected chi connectivity index (χ3v) is 2.39. The third kappa shape index (κ3) is 8.58. The second-order valence-corrected chi connectivity index (χ2v) is 3.95. The number of nitrogens with two attached hydrogens (primary N) is 1. The van der Waals surface area contributed by atoms with Gasteiger partial charge in [0.2, 0.25) is 0 Å². The maximum atomic E-state index is 5.60. The highest BCUT2D eigenvalue weighted by Crippen LogP contribution is 2.03. The molecule has 0 aromatic carbocycles. The van der Waals surface area contributed by atoms with E-state index in [1.807, 2.05) is 79.0 Å². The lowest BCUT2D eigenvalue weighted by Gasteiger charge is -1.96. The number of rotatable bonds is 2. The van der Waals surface area contributed by atoms with Gasteiger partial charge in [-0.25, -0.2) is 0 Å². The van der Waals surface area contributed by atoms with Crippen molar-refractivity contribution in [1.29, 1.82) is 0 Å². The molecule has 0 saturated heterocycles. The summed E-state index contributed by atoms with van der Waals surface area (Å²) in [6.45, 7) is 0.664. The Balaban J connectivity index is 2.82. The van der Waals surface area contributed by atoms with Crippen molar-refractivity contribution >= 4 is 0 Å². The third-order valence-electron chi connectivity index (χ3n) is 2.39. The minimum Gasteiger partial charge on any atom is -0.330 e. The van der Waals surface area contributed by atoms with E-state index >= 15 is 0 Å². The Kier molecular flexibility index (Phi) is 8.65. The van der Waals surface area contributed by atoms with Crippen LogP contribution in [0.2, 0.25) is 0 Å². The highest BCUT2D eigenvalue weighted by Gasteiger charge is 1.87. The predicted octanol–water partition coefficient (Wildman–Crippen LogP) is 4.17. The summed E-state index contributed by atoms with van der Waals surface area (Å²) in [4.78, 5) is 0. The lowest BCUT2D eigenvalue weighted by atomic mass is 10.1. The molecule has 19 heavy (non-hydrogen) atoms. The molecule has 0 aliphatic heterocycles. The van der Waals surface area contributed by atoms with Crippen LogP contribution in [0.3, 0.4) is 0 Å². The van der Waals surface area contributed by atoms with Gasteiger partial charge in [0.05, 0.1) is 0 Å². The van der Waals surface area contributed by atoms with Crippen molar-refractivity contribution in [2.24, 2.45) is 5.73 Å². The molecule has 0 heterocycles. The van der Waals surface area contributed by atoms with Gasteiger partial charge in [0.15, 0.2) is 0 Å². The van der Waals surface area contributed by atoms with Crippen LogP contribution in [-0.4, -0.2) is 6.54 Å². The summed E-state index contributed by atoms with van der Waals surface area (Å²) in [5.74, 6) is 0. The van der Waals surface area contributed by atoms with Crippen LogP contribution in [0, 0.1) is 0 Å². The molecule has 0 saturated carbocycles. The van der Waals surface area contributed by atoms with Crippen molar-refractivity contribution in [3.05, 3.63) is 96.7 Å². The Labute approximate surface area is 116 Å². The van der Waals surface area contributed by atoms with Gasteiger partial charge in [-0.05, 0) is 18.5 Å². The molecule has 0 unspecified atom stereocenters. The maximum Gasteiger partial charge on any atom is -0.00367 e. The molecule has 1 aliphatic carbocycles. The fraction of sp³-hybridized carbons (Fsp3) is 0.111. The molecule has 0 spiro atoms. The number of allylic oxidation sites excluding steroid dienone is 15. The van der Waals surface area contributed by atoms with Crippen LogP contribution in [0.4, 0.5) is 0 Å². The van der Waals surface area contributed by atoms with Crippen LogP contribution < -0.4 is 5.73 Å². The summed E-state index contributed by atoms with van der Waals surface area (Å²) in [7, 11) is 0. The van der Waals surface area contributed by atoms with Crippen molar-refractivity contribution in [2.45, 2.75) is 6.42 Å². The first-order chi connectivity index (χ1) is 9.43. The van der Waals surface area contributed by atoms with Gasteiger partial charge in [-0.2, -0.15) is 0 Å². The Morgan fingerprint density at radius 1 is 0.579 bits per heavy atom. The Hall–Kier alpha value is -2.12. The van der Waals surface area contributed by atoms with Gasteiger partial charge in [0.25, 0.3) is 0 Å². The van der Waals surface area contributed by atoms with E-state index in [1.54, 1.807) is 0 Å². The smallest absolute Gasteiger partial charge is 0.00367 e. The summed E-state index contributed by atoms with van der Waals surface area (Å²) in [6.07, 6.45) is 31.2. The van der Waals surface area contributed by atoms with E-state index in [1.165, 1.54) is 5.57 Å². The van der Waals surface area contributed by atoms with Crippen molar-refractivity contribution in [2.75, 3.05) is 6.54 Å². The quantitative estimate of drug-likeness (QED) is 0.783. The normalized spacial score (nSPS) is 26.1. The van der Waals surface area contributed by atoms with Crippen LogP contribution in [0.15, 0.2) is 96.7 Å². The molecule has 1 heteroatoms. The Bertz CT molecular complexity index is 466. The van der Waals surface area contributed by atoms with Crippen LogP contribution >= 0.6 is 0 Å². The fourth-order valence-electron chi connectivity index (χ4n) is 1.45. The van der Waals surface area contributed by atoms with E-state index in [9.17, 15) is 0 Å². The van der Waals surface area contributed by atoms with Crippen LogP contribution in [0.25, 0.3) is 0 Å². The summed E-state index contributed by atoms with van der Waals surface area (Å²) >= 11 is 0. The van der Waals surface area contributed by atoms with Gasteiger partial charge in [-0.3, -0.25) is 0 Å². The van der Waals surface area contributed by atoms with Gasteiger partial charge in [-0.15, -0.1) is 0 Å². The molecule has 2 N–H and O–H groups in total. The zero-order chi connectivity index (χ0) is 13.6. The molecular formula is C18H21N. The van der Waals surface area contributed by atoms with Gasteiger partial charge >= 0.3 is 0 Å². The fourth-order valence-corrected chi connectivity index (χ4v) is 1.45. The topological polar surface area (TPSA) is 26.0 Å². The lowest BCUT2D eigenvalue weighted by molar-refractivity contribution is 0.973. The number of hydrogen-bond donors (Lipinski definition) is 1. The molecule has 1 aliphatic rings. The minimum absolute atomic E-state index is 0.664. The molecule has 0 amide bonds. The second kappa shape index (κ2) is 11.0. The van der Waals surface area contributed by atoms with E-state index < -0.39 is 0 Å². The van der Waals surface area contributed by atoms with Gasteiger partial charge in [0, 0.05) is 0 Å². The first-order valence-electron chi connectivity index (χ1n) is 6.51. The summed E-state index contributed by atoms with van der Waals surface area (Å²) < 4.78 is 0. The van der Waals surface area contributed by atoms with Crippen molar-refractivity contribution in [1.82, 2.24) is 0 Å². The van der Waals surface area contributed by atoms with E-state index in [0.717, 1.165) is 6.42 Å². The average molecular weight is 251 g/mol. The van der Waals surface area contributed by atoms with Crippen LogP contribution in [0.1, 0.15) is 6.42 Å². The standard InChI is InChI=1S/C18H21N/c19-17-16-18-14-12-10-8-6-4-2-1-3-5-7-9-11-13-15-18/h1-15H,16-17,19H2/b2-1-,3-1?,4-2?,5-3-,6-4-,7-5?,8-6?,9-7+,10-8-,11-9?,12-10?,13-11-,14-12?,15-13?,18-14?,18-15?.